The molecule has 1 heterocycles. The normalized spacial score (nSPS) is 17.4. The van der Waals surface area contributed by atoms with E-state index in [1.165, 1.54) is 0 Å². The topological polar surface area (TPSA) is 44.4 Å². The first-order chi connectivity index (χ1) is 7.74. The minimum atomic E-state index is 0.308. The van der Waals surface area contributed by atoms with Gasteiger partial charge in [-0.05, 0) is 51.9 Å². The van der Waals surface area contributed by atoms with Crippen molar-refractivity contribution in [2.75, 3.05) is 40.3 Å². The van der Waals surface area contributed by atoms with Crippen LogP contribution in [0.3, 0.4) is 0 Å². The lowest BCUT2D eigenvalue weighted by molar-refractivity contribution is -0.131. The summed E-state index contributed by atoms with van der Waals surface area (Å²) in [6.45, 7) is 3.98. The Bertz CT molecular complexity index is 202. The van der Waals surface area contributed by atoms with Gasteiger partial charge in [0, 0.05) is 20.0 Å². The van der Waals surface area contributed by atoms with Crippen LogP contribution in [0.1, 0.15) is 25.7 Å². The molecule has 1 aliphatic rings. The standard InChI is InChI=1S/C12H25N3O/c1-13-6-3-9-15(2)12(16)10-11-4-7-14-8-5-11/h11,13-14H,3-10H2,1-2H3. The van der Waals surface area contributed by atoms with Gasteiger partial charge in [-0.1, -0.05) is 0 Å². The summed E-state index contributed by atoms with van der Waals surface area (Å²) in [4.78, 5) is 13.8. The van der Waals surface area contributed by atoms with Crippen molar-refractivity contribution >= 4 is 5.91 Å². The molecule has 0 spiro atoms. The molecule has 0 aromatic rings. The second kappa shape index (κ2) is 7.63. The molecule has 1 fully saturated rings. The lowest BCUT2D eigenvalue weighted by Gasteiger charge is -2.24. The van der Waals surface area contributed by atoms with Gasteiger partial charge in [0.25, 0.3) is 0 Å². The van der Waals surface area contributed by atoms with E-state index in [0.717, 1.165) is 51.9 Å². The van der Waals surface area contributed by atoms with Crippen molar-refractivity contribution in [1.29, 1.82) is 0 Å². The van der Waals surface area contributed by atoms with Crippen LogP contribution in [0.5, 0.6) is 0 Å². The lowest BCUT2D eigenvalue weighted by Crippen LogP contribution is -2.34. The summed E-state index contributed by atoms with van der Waals surface area (Å²) in [5.74, 6) is 0.906. The van der Waals surface area contributed by atoms with Crippen molar-refractivity contribution in [2.45, 2.75) is 25.7 Å². The third-order valence-electron chi connectivity index (χ3n) is 3.27. The van der Waals surface area contributed by atoms with Gasteiger partial charge in [0.05, 0.1) is 0 Å². The molecule has 0 radical (unpaired) electrons. The first-order valence-electron chi connectivity index (χ1n) is 6.33. The highest BCUT2D eigenvalue weighted by Crippen LogP contribution is 2.16. The largest absolute Gasteiger partial charge is 0.346 e. The smallest absolute Gasteiger partial charge is 0.222 e. The Morgan fingerprint density at radius 3 is 2.75 bits per heavy atom. The highest BCUT2D eigenvalue weighted by atomic mass is 16.2. The van der Waals surface area contributed by atoms with Gasteiger partial charge in [-0.15, -0.1) is 0 Å². The predicted molar refractivity (Wildman–Crippen MR) is 66.4 cm³/mol. The fourth-order valence-electron chi connectivity index (χ4n) is 2.11. The molecule has 2 N–H and O–H groups in total. The van der Waals surface area contributed by atoms with E-state index in [2.05, 4.69) is 10.6 Å². The molecule has 16 heavy (non-hydrogen) atoms. The van der Waals surface area contributed by atoms with Crippen LogP contribution in [0.15, 0.2) is 0 Å². The Hall–Kier alpha value is -0.610. The van der Waals surface area contributed by atoms with Crippen LogP contribution in [0.25, 0.3) is 0 Å². The summed E-state index contributed by atoms with van der Waals surface area (Å²) < 4.78 is 0. The number of carbonyl (C=O) groups excluding carboxylic acids is 1. The number of rotatable bonds is 6. The molecule has 0 aliphatic carbocycles. The average molecular weight is 227 g/mol. The molecule has 0 aromatic carbocycles. The Morgan fingerprint density at radius 1 is 1.44 bits per heavy atom. The number of piperidine rings is 1. The molecule has 1 saturated heterocycles. The van der Waals surface area contributed by atoms with Gasteiger partial charge in [-0.25, -0.2) is 0 Å². The predicted octanol–water partition coefficient (Wildman–Crippen LogP) is 0.444. The van der Waals surface area contributed by atoms with Crippen LogP contribution in [0.4, 0.5) is 0 Å². The zero-order valence-corrected chi connectivity index (χ0v) is 10.6. The maximum Gasteiger partial charge on any atom is 0.222 e. The van der Waals surface area contributed by atoms with E-state index in [1.807, 2.05) is 19.0 Å². The Labute approximate surface area is 98.8 Å². The van der Waals surface area contributed by atoms with E-state index in [4.69, 9.17) is 0 Å². The van der Waals surface area contributed by atoms with Gasteiger partial charge in [0.15, 0.2) is 0 Å². The second-order valence-corrected chi connectivity index (χ2v) is 4.67. The molecule has 0 saturated carbocycles. The van der Waals surface area contributed by atoms with Crippen molar-refractivity contribution in [2.24, 2.45) is 5.92 Å². The Kier molecular flexibility index (Phi) is 6.42. The maximum absolute atomic E-state index is 11.9. The quantitative estimate of drug-likeness (QED) is 0.647. The molecule has 0 unspecified atom stereocenters. The van der Waals surface area contributed by atoms with E-state index in [9.17, 15) is 4.79 Å². The minimum absolute atomic E-state index is 0.308. The van der Waals surface area contributed by atoms with Crippen molar-refractivity contribution < 1.29 is 4.79 Å². The zero-order chi connectivity index (χ0) is 11.8. The summed E-state index contributed by atoms with van der Waals surface area (Å²) in [5.41, 5.74) is 0. The molecule has 1 amide bonds. The van der Waals surface area contributed by atoms with Gasteiger partial charge in [-0.2, -0.15) is 0 Å². The van der Waals surface area contributed by atoms with Crippen LogP contribution < -0.4 is 10.6 Å². The number of nitrogens with zero attached hydrogens (tertiary/aromatic N) is 1. The van der Waals surface area contributed by atoms with Gasteiger partial charge >= 0.3 is 0 Å². The van der Waals surface area contributed by atoms with E-state index in [1.54, 1.807) is 0 Å². The molecule has 0 bridgehead atoms. The Balaban J connectivity index is 2.16. The van der Waals surface area contributed by atoms with Crippen molar-refractivity contribution in [3.05, 3.63) is 0 Å². The first-order valence-corrected chi connectivity index (χ1v) is 6.33. The number of carbonyl (C=O) groups is 1. The number of hydrogen-bond acceptors (Lipinski definition) is 3. The number of nitrogens with one attached hydrogen (secondary N) is 2. The molecule has 4 nitrogen and oxygen atoms in total. The van der Waals surface area contributed by atoms with E-state index in [-0.39, 0.29) is 0 Å². The summed E-state index contributed by atoms with van der Waals surface area (Å²) >= 11 is 0. The third-order valence-corrected chi connectivity index (χ3v) is 3.27. The Morgan fingerprint density at radius 2 is 2.12 bits per heavy atom. The summed E-state index contributed by atoms with van der Waals surface area (Å²) in [5, 5.41) is 6.42. The van der Waals surface area contributed by atoms with Crippen LogP contribution in [-0.2, 0) is 4.79 Å². The van der Waals surface area contributed by atoms with Gasteiger partial charge in [-0.3, -0.25) is 4.79 Å². The average Bonchev–Trinajstić information content (AvgIpc) is 2.30. The number of hydrogen-bond donors (Lipinski definition) is 2. The highest BCUT2D eigenvalue weighted by Gasteiger charge is 2.18. The summed E-state index contributed by atoms with van der Waals surface area (Å²) in [6.07, 6.45) is 4.06. The first kappa shape index (κ1) is 13.5. The molecule has 94 valence electrons. The van der Waals surface area contributed by atoms with Crippen LogP contribution >= 0.6 is 0 Å². The summed E-state index contributed by atoms with van der Waals surface area (Å²) in [7, 11) is 3.86. The molecule has 1 rings (SSSR count). The van der Waals surface area contributed by atoms with Crippen molar-refractivity contribution in [3.63, 3.8) is 0 Å². The fraction of sp³-hybridized carbons (Fsp3) is 0.917. The minimum Gasteiger partial charge on any atom is -0.346 e. The lowest BCUT2D eigenvalue weighted by atomic mass is 9.94. The maximum atomic E-state index is 11.9. The van der Waals surface area contributed by atoms with Crippen LogP contribution in [0.2, 0.25) is 0 Å². The monoisotopic (exact) mass is 227 g/mol. The van der Waals surface area contributed by atoms with Crippen LogP contribution in [0, 0.1) is 5.92 Å². The molecular weight excluding hydrogens is 202 g/mol. The third kappa shape index (κ3) is 4.94. The zero-order valence-electron chi connectivity index (χ0n) is 10.6. The molecule has 1 aliphatic heterocycles. The van der Waals surface area contributed by atoms with E-state index >= 15 is 0 Å². The van der Waals surface area contributed by atoms with E-state index in [0.29, 0.717) is 11.8 Å². The van der Waals surface area contributed by atoms with Gasteiger partial charge in [0.1, 0.15) is 0 Å². The van der Waals surface area contributed by atoms with Crippen LogP contribution in [-0.4, -0.2) is 51.1 Å². The highest BCUT2D eigenvalue weighted by molar-refractivity contribution is 5.76. The SMILES string of the molecule is CNCCCN(C)C(=O)CC1CCNCC1. The molecular formula is C12H25N3O. The van der Waals surface area contributed by atoms with Crippen molar-refractivity contribution in [3.8, 4) is 0 Å². The van der Waals surface area contributed by atoms with Gasteiger partial charge in [0.2, 0.25) is 5.91 Å². The molecule has 0 atom stereocenters. The van der Waals surface area contributed by atoms with Crippen molar-refractivity contribution in [1.82, 2.24) is 15.5 Å². The summed E-state index contributed by atoms with van der Waals surface area (Å²) in [6, 6.07) is 0. The second-order valence-electron chi connectivity index (χ2n) is 4.67. The fourth-order valence-corrected chi connectivity index (χ4v) is 2.11. The molecule has 0 aromatic heterocycles. The molecule has 4 heteroatoms. The van der Waals surface area contributed by atoms with Gasteiger partial charge < -0.3 is 15.5 Å². The number of amides is 1. The van der Waals surface area contributed by atoms with E-state index < -0.39 is 0 Å².